The average Bonchev–Trinajstić information content (AvgIpc) is 2.30. The van der Waals surface area contributed by atoms with Gasteiger partial charge in [0.05, 0.1) is 13.3 Å². The highest BCUT2D eigenvalue weighted by Crippen LogP contribution is 2.20. The highest BCUT2D eigenvalue weighted by molar-refractivity contribution is 5.62. The van der Waals surface area contributed by atoms with E-state index in [2.05, 4.69) is 11.2 Å². The zero-order chi connectivity index (χ0) is 9.80. The van der Waals surface area contributed by atoms with Crippen molar-refractivity contribution in [2.75, 3.05) is 7.11 Å². The van der Waals surface area contributed by atoms with Crippen LogP contribution in [-0.4, -0.2) is 12.1 Å². The summed E-state index contributed by atoms with van der Waals surface area (Å²) in [6.45, 7) is 0. The van der Waals surface area contributed by atoms with E-state index in [1.54, 1.807) is 13.3 Å². The van der Waals surface area contributed by atoms with Gasteiger partial charge in [-0.05, 0) is 23.8 Å². The molecule has 1 radical (unpaired) electrons. The Morgan fingerprint density at radius 1 is 1.14 bits per heavy atom. The number of benzene rings is 1. The number of pyridine rings is 1. The van der Waals surface area contributed by atoms with Crippen molar-refractivity contribution in [3.05, 3.63) is 48.8 Å². The summed E-state index contributed by atoms with van der Waals surface area (Å²) >= 11 is 0. The third-order valence-corrected chi connectivity index (χ3v) is 2.01. The number of methoxy groups -OCH3 is 1. The summed E-state index contributed by atoms with van der Waals surface area (Å²) in [7, 11) is 1.66. The Balaban J connectivity index is 2.34. The van der Waals surface area contributed by atoms with Crippen LogP contribution in [0.2, 0.25) is 0 Å². The molecule has 0 aliphatic rings. The number of hydrogen-bond donors (Lipinski definition) is 0. The Bertz CT molecular complexity index is 394. The standard InChI is InChI=1S/C12H10NO/c1-14-12-6-4-10(5-7-12)11-3-2-8-13-9-11/h2-8H,1H3. The summed E-state index contributed by atoms with van der Waals surface area (Å²) in [4.78, 5) is 3.95. The normalized spacial score (nSPS) is 9.79. The van der Waals surface area contributed by atoms with Crippen molar-refractivity contribution in [3.8, 4) is 16.9 Å². The number of rotatable bonds is 2. The molecule has 1 aromatic heterocycles. The second-order valence-electron chi connectivity index (χ2n) is 2.89. The van der Waals surface area contributed by atoms with Gasteiger partial charge in [0.15, 0.2) is 0 Å². The maximum absolute atomic E-state index is 5.08. The first-order chi connectivity index (χ1) is 6.90. The minimum atomic E-state index is 0.859. The Hall–Kier alpha value is -1.83. The SMILES string of the molecule is COc1ccc(-c2[c]nccc2)cc1. The van der Waals surface area contributed by atoms with Gasteiger partial charge in [-0.25, -0.2) is 0 Å². The van der Waals surface area contributed by atoms with Crippen molar-refractivity contribution < 1.29 is 4.74 Å². The number of ether oxygens (including phenoxy) is 1. The number of hydrogen-bond acceptors (Lipinski definition) is 2. The summed E-state index contributed by atoms with van der Waals surface area (Å²) < 4.78 is 5.08. The molecule has 2 nitrogen and oxygen atoms in total. The fraction of sp³-hybridized carbons (Fsp3) is 0.0833. The summed E-state index contributed by atoms with van der Waals surface area (Å²) in [6.07, 6.45) is 4.65. The van der Waals surface area contributed by atoms with Crippen LogP contribution in [0.3, 0.4) is 0 Å². The van der Waals surface area contributed by atoms with E-state index >= 15 is 0 Å². The highest BCUT2D eigenvalue weighted by Gasteiger charge is 1.97. The number of nitrogens with zero attached hydrogens (tertiary/aromatic N) is 1. The molecule has 0 aliphatic carbocycles. The van der Waals surface area contributed by atoms with Crippen LogP contribution in [0.25, 0.3) is 11.1 Å². The molecule has 0 fully saturated rings. The van der Waals surface area contributed by atoms with Crippen LogP contribution in [0.15, 0.2) is 42.6 Å². The van der Waals surface area contributed by atoms with Gasteiger partial charge in [0.2, 0.25) is 0 Å². The Labute approximate surface area is 83.2 Å². The topological polar surface area (TPSA) is 22.1 Å². The molecule has 0 bridgehead atoms. The monoisotopic (exact) mass is 184 g/mol. The zero-order valence-electron chi connectivity index (χ0n) is 7.90. The molecular formula is C12H10NO. The minimum Gasteiger partial charge on any atom is -0.497 e. The van der Waals surface area contributed by atoms with Gasteiger partial charge in [0.25, 0.3) is 0 Å². The first kappa shape index (κ1) is 8.75. The van der Waals surface area contributed by atoms with Crippen LogP contribution in [-0.2, 0) is 0 Å². The van der Waals surface area contributed by atoms with Gasteiger partial charge in [-0.3, -0.25) is 4.98 Å². The van der Waals surface area contributed by atoms with E-state index in [0.29, 0.717) is 0 Å². The van der Waals surface area contributed by atoms with Gasteiger partial charge in [-0.1, -0.05) is 18.2 Å². The van der Waals surface area contributed by atoms with Crippen LogP contribution in [0.4, 0.5) is 0 Å². The predicted octanol–water partition coefficient (Wildman–Crippen LogP) is 2.56. The first-order valence-corrected chi connectivity index (χ1v) is 4.37. The van der Waals surface area contributed by atoms with E-state index in [0.717, 1.165) is 16.9 Å². The molecule has 0 aliphatic heterocycles. The molecule has 1 heterocycles. The molecule has 14 heavy (non-hydrogen) atoms. The lowest BCUT2D eigenvalue weighted by atomic mass is 10.1. The van der Waals surface area contributed by atoms with Crippen LogP contribution in [0.1, 0.15) is 0 Å². The molecule has 0 N–H and O–H groups in total. The van der Waals surface area contributed by atoms with Crippen LogP contribution in [0, 0.1) is 6.20 Å². The number of aromatic nitrogens is 1. The third kappa shape index (κ3) is 1.74. The summed E-state index contributed by atoms with van der Waals surface area (Å²) in [6, 6.07) is 11.7. The summed E-state index contributed by atoms with van der Waals surface area (Å²) in [5.41, 5.74) is 2.09. The highest BCUT2D eigenvalue weighted by atomic mass is 16.5. The Kier molecular flexibility index (Phi) is 2.45. The van der Waals surface area contributed by atoms with Gasteiger partial charge < -0.3 is 4.74 Å². The third-order valence-electron chi connectivity index (χ3n) is 2.01. The van der Waals surface area contributed by atoms with E-state index in [9.17, 15) is 0 Å². The molecular weight excluding hydrogens is 174 g/mol. The predicted molar refractivity (Wildman–Crippen MR) is 55.1 cm³/mol. The average molecular weight is 184 g/mol. The minimum absolute atomic E-state index is 0.859. The quantitative estimate of drug-likeness (QED) is 0.715. The fourth-order valence-electron chi connectivity index (χ4n) is 1.26. The zero-order valence-corrected chi connectivity index (χ0v) is 7.90. The molecule has 0 atom stereocenters. The molecule has 0 saturated carbocycles. The van der Waals surface area contributed by atoms with Gasteiger partial charge in [0.1, 0.15) is 5.75 Å². The lowest BCUT2D eigenvalue weighted by Crippen LogP contribution is -1.83. The van der Waals surface area contributed by atoms with Gasteiger partial charge in [-0.15, -0.1) is 0 Å². The lowest BCUT2D eigenvalue weighted by Gasteiger charge is -2.02. The first-order valence-electron chi connectivity index (χ1n) is 4.37. The molecule has 69 valence electrons. The Morgan fingerprint density at radius 2 is 1.93 bits per heavy atom. The second kappa shape index (κ2) is 3.92. The molecule has 0 amide bonds. The summed E-state index contributed by atoms with van der Waals surface area (Å²) in [5.74, 6) is 0.859. The van der Waals surface area contributed by atoms with Crippen LogP contribution >= 0.6 is 0 Å². The molecule has 2 heteroatoms. The van der Waals surface area contributed by atoms with Crippen molar-refractivity contribution >= 4 is 0 Å². The van der Waals surface area contributed by atoms with E-state index in [-0.39, 0.29) is 0 Å². The van der Waals surface area contributed by atoms with Gasteiger partial charge in [0, 0.05) is 11.8 Å². The van der Waals surface area contributed by atoms with E-state index in [1.807, 2.05) is 36.4 Å². The van der Waals surface area contributed by atoms with Crippen molar-refractivity contribution in [3.63, 3.8) is 0 Å². The maximum atomic E-state index is 5.08. The van der Waals surface area contributed by atoms with Crippen LogP contribution < -0.4 is 4.74 Å². The van der Waals surface area contributed by atoms with E-state index in [1.165, 1.54) is 0 Å². The van der Waals surface area contributed by atoms with Crippen molar-refractivity contribution in [2.24, 2.45) is 0 Å². The van der Waals surface area contributed by atoms with Gasteiger partial charge in [-0.2, -0.15) is 0 Å². The fourth-order valence-corrected chi connectivity index (χ4v) is 1.26. The summed E-state index contributed by atoms with van der Waals surface area (Å²) in [5, 5.41) is 0. The smallest absolute Gasteiger partial charge is 0.118 e. The second-order valence-corrected chi connectivity index (χ2v) is 2.89. The molecule has 0 spiro atoms. The lowest BCUT2D eigenvalue weighted by molar-refractivity contribution is 0.415. The molecule has 2 aromatic rings. The van der Waals surface area contributed by atoms with Crippen LogP contribution in [0.5, 0.6) is 5.75 Å². The van der Waals surface area contributed by atoms with Crippen molar-refractivity contribution in [1.82, 2.24) is 4.98 Å². The van der Waals surface area contributed by atoms with E-state index < -0.39 is 0 Å². The molecule has 2 rings (SSSR count). The molecule has 1 aromatic carbocycles. The van der Waals surface area contributed by atoms with E-state index in [4.69, 9.17) is 4.74 Å². The largest absolute Gasteiger partial charge is 0.497 e. The maximum Gasteiger partial charge on any atom is 0.118 e. The van der Waals surface area contributed by atoms with Crippen molar-refractivity contribution in [1.29, 1.82) is 0 Å². The molecule has 0 unspecified atom stereocenters. The van der Waals surface area contributed by atoms with Crippen molar-refractivity contribution in [2.45, 2.75) is 0 Å². The Morgan fingerprint density at radius 3 is 2.50 bits per heavy atom. The van der Waals surface area contributed by atoms with Gasteiger partial charge >= 0.3 is 0 Å². The molecule has 0 saturated heterocycles.